The van der Waals surface area contributed by atoms with Crippen LogP contribution in [-0.2, 0) is 6.54 Å². The first-order valence-electron chi connectivity index (χ1n) is 15.7. The second-order valence-electron chi connectivity index (χ2n) is 14.7. The first-order chi connectivity index (χ1) is 17.2. The molecule has 0 saturated heterocycles. The predicted molar refractivity (Wildman–Crippen MR) is 152 cm³/mol. The van der Waals surface area contributed by atoms with Gasteiger partial charge in [0, 0.05) is 12.6 Å². The number of aliphatic hydroxyl groups excluding tert-OH is 1. The molecule has 5 unspecified atom stereocenters. The maximum Gasteiger partial charge on any atom is 0.0696 e. The molecule has 0 aliphatic heterocycles. The Kier molecular flexibility index (Phi) is 7.96. The van der Waals surface area contributed by atoms with Crippen LogP contribution in [0.2, 0.25) is 0 Å². The Balaban J connectivity index is 1.27. The van der Waals surface area contributed by atoms with Gasteiger partial charge < -0.3 is 10.4 Å². The van der Waals surface area contributed by atoms with E-state index in [1.165, 1.54) is 63.4 Å². The molecule has 0 amide bonds. The summed E-state index contributed by atoms with van der Waals surface area (Å²) in [6.45, 7) is 13.6. The lowest BCUT2D eigenvalue weighted by Gasteiger charge is -2.62. The molecule has 4 aliphatic rings. The Morgan fingerprint density at radius 1 is 0.917 bits per heavy atom. The summed E-state index contributed by atoms with van der Waals surface area (Å²) in [5.41, 5.74) is 2.28. The second-order valence-corrected chi connectivity index (χ2v) is 14.7. The highest BCUT2D eigenvalue weighted by Crippen LogP contribution is 2.68. The van der Waals surface area contributed by atoms with Crippen LogP contribution in [0.3, 0.4) is 0 Å². The number of nitrogens with one attached hydrogen (secondary N) is 1. The van der Waals surface area contributed by atoms with E-state index in [4.69, 9.17) is 0 Å². The van der Waals surface area contributed by atoms with Gasteiger partial charge in [0.2, 0.25) is 0 Å². The summed E-state index contributed by atoms with van der Waals surface area (Å²) < 4.78 is 0. The van der Waals surface area contributed by atoms with E-state index in [0.717, 1.165) is 54.9 Å². The Morgan fingerprint density at radius 3 is 2.42 bits per heavy atom. The summed E-state index contributed by atoms with van der Waals surface area (Å²) in [5, 5.41) is 14.9. The van der Waals surface area contributed by atoms with Gasteiger partial charge in [-0.1, -0.05) is 84.2 Å². The topological polar surface area (TPSA) is 32.3 Å². The second kappa shape index (κ2) is 10.7. The van der Waals surface area contributed by atoms with Gasteiger partial charge in [0.15, 0.2) is 0 Å². The third kappa shape index (κ3) is 4.95. The van der Waals surface area contributed by atoms with E-state index in [0.29, 0.717) is 16.7 Å². The molecule has 4 aliphatic carbocycles. The van der Waals surface area contributed by atoms with Crippen LogP contribution in [0.1, 0.15) is 111 Å². The third-order valence-electron chi connectivity index (χ3n) is 12.3. The Labute approximate surface area is 222 Å². The third-order valence-corrected chi connectivity index (χ3v) is 12.3. The highest BCUT2D eigenvalue weighted by Gasteiger charge is 2.61. The first-order valence-corrected chi connectivity index (χ1v) is 15.7. The van der Waals surface area contributed by atoms with Crippen molar-refractivity contribution in [2.75, 3.05) is 0 Å². The van der Waals surface area contributed by atoms with Gasteiger partial charge >= 0.3 is 0 Å². The van der Waals surface area contributed by atoms with Gasteiger partial charge in [-0.15, -0.1) is 0 Å². The largest absolute Gasteiger partial charge is 0.391 e. The van der Waals surface area contributed by atoms with Gasteiger partial charge in [0.1, 0.15) is 0 Å². The SMILES string of the molecule is CC(C)CCCC(C)[C@H]1CCC2C3CCC4C[C@H](O)[C@@H](NCc5ccccc5)C[C@]4(C)C3CC[C@@]21C. The molecule has 0 spiro atoms. The van der Waals surface area contributed by atoms with E-state index in [2.05, 4.69) is 70.3 Å². The lowest BCUT2D eigenvalue weighted by molar-refractivity contribution is -0.137. The fourth-order valence-corrected chi connectivity index (χ4v) is 10.4. The van der Waals surface area contributed by atoms with Gasteiger partial charge in [-0.2, -0.15) is 0 Å². The summed E-state index contributed by atoms with van der Waals surface area (Å²) in [5.74, 6) is 6.10. The lowest BCUT2D eigenvalue weighted by Crippen LogP contribution is -2.59. The molecule has 4 fully saturated rings. The maximum absolute atomic E-state index is 11.1. The van der Waals surface area contributed by atoms with Gasteiger partial charge in [0.05, 0.1) is 6.10 Å². The van der Waals surface area contributed by atoms with E-state index in [-0.39, 0.29) is 12.1 Å². The molecular weight excluding hydrogens is 438 g/mol. The van der Waals surface area contributed by atoms with Crippen LogP contribution in [0.5, 0.6) is 0 Å². The molecule has 4 saturated carbocycles. The number of fused-ring (bicyclic) bond motifs is 5. The molecule has 5 rings (SSSR count). The van der Waals surface area contributed by atoms with Crippen molar-refractivity contribution in [1.82, 2.24) is 5.32 Å². The zero-order valence-corrected chi connectivity index (χ0v) is 24.0. The Hall–Kier alpha value is -0.860. The number of rotatable bonds is 8. The molecule has 202 valence electrons. The fraction of sp³-hybridized carbons (Fsp3) is 0.824. The van der Waals surface area contributed by atoms with Crippen molar-refractivity contribution in [3.63, 3.8) is 0 Å². The predicted octanol–water partition coefficient (Wildman–Crippen LogP) is 8.24. The molecule has 0 radical (unpaired) electrons. The Bertz CT molecular complexity index is 852. The van der Waals surface area contributed by atoms with Gasteiger partial charge in [0.25, 0.3) is 0 Å². The highest BCUT2D eigenvalue weighted by atomic mass is 16.3. The minimum atomic E-state index is -0.195. The zero-order valence-electron chi connectivity index (χ0n) is 24.0. The fourth-order valence-electron chi connectivity index (χ4n) is 10.4. The zero-order chi connectivity index (χ0) is 25.5. The summed E-state index contributed by atoms with van der Waals surface area (Å²) in [6.07, 6.45) is 14.8. The molecule has 10 atom stereocenters. The molecule has 0 bridgehead atoms. The monoisotopic (exact) mass is 493 g/mol. The van der Waals surface area contributed by atoms with E-state index in [1.54, 1.807) is 0 Å². The van der Waals surface area contributed by atoms with Gasteiger partial charge in [-0.25, -0.2) is 0 Å². The number of hydrogen-bond donors (Lipinski definition) is 2. The van der Waals surface area contributed by atoms with Crippen LogP contribution in [0, 0.1) is 52.3 Å². The average molecular weight is 494 g/mol. The Morgan fingerprint density at radius 2 is 1.67 bits per heavy atom. The molecule has 1 aromatic carbocycles. The van der Waals surface area contributed by atoms with E-state index in [9.17, 15) is 5.11 Å². The highest BCUT2D eigenvalue weighted by molar-refractivity contribution is 5.15. The summed E-state index contributed by atoms with van der Waals surface area (Å²) in [4.78, 5) is 0. The number of aliphatic hydroxyl groups is 1. The number of benzene rings is 1. The molecule has 0 aromatic heterocycles. The van der Waals surface area contributed by atoms with Crippen molar-refractivity contribution in [3.05, 3.63) is 35.9 Å². The van der Waals surface area contributed by atoms with Crippen LogP contribution in [0.4, 0.5) is 0 Å². The minimum absolute atomic E-state index is 0.195. The van der Waals surface area contributed by atoms with Gasteiger partial charge in [-0.05, 0) is 109 Å². The van der Waals surface area contributed by atoms with Crippen molar-refractivity contribution in [3.8, 4) is 0 Å². The minimum Gasteiger partial charge on any atom is -0.391 e. The normalized spacial score (nSPS) is 43.0. The van der Waals surface area contributed by atoms with Crippen LogP contribution in [0.25, 0.3) is 0 Å². The molecular formula is C34H55NO. The van der Waals surface area contributed by atoms with E-state index >= 15 is 0 Å². The standard InChI is InChI=1S/C34H55NO/c1-23(2)10-9-11-24(3)28-16-17-29-27-15-14-26-20-32(36)31(35-22-25-12-7-6-8-13-25)21-34(26,5)30(27)18-19-33(28,29)4/h6-8,12-13,23-24,26-32,35-36H,9-11,14-22H2,1-5H3/t24?,26?,27?,28-,29?,30?,31+,32+,33-,34+/m1/s1. The van der Waals surface area contributed by atoms with Crippen molar-refractivity contribution >= 4 is 0 Å². The van der Waals surface area contributed by atoms with Crippen LogP contribution in [-0.4, -0.2) is 17.3 Å². The van der Waals surface area contributed by atoms with Crippen LogP contribution in [0.15, 0.2) is 30.3 Å². The quantitative estimate of drug-likeness (QED) is 0.382. The van der Waals surface area contributed by atoms with Crippen molar-refractivity contribution in [2.45, 2.75) is 124 Å². The van der Waals surface area contributed by atoms with Crippen LogP contribution >= 0.6 is 0 Å². The van der Waals surface area contributed by atoms with Gasteiger partial charge in [-0.3, -0.25) is 0 Å². The molecule has 36 heavy (non-hydrogen) atoms. The smallest absolute Gasteiger partial charge is 0.0696 e. The van der Waals surface area contributed by atoms with E-state index in [1.807, 2.05) is 0 Å². The lowest BCUT2D eigenvalue weighted by atomic mass is 9.44. The van der Waals surface area contributed by atoms with Crippen molar-refractivity contribution in [2.24, 2.45) is 52.3 Å². The molecule has 0 heterocycles. The summed E-state index contributed by atoms with van der Waals surface area (Å²) >= 11 is 0. The van der Waals surface area contributed by atoms with Crippen molar-refractivity contribution in [1.29, 1.82) is 0 Å². The van der Waals surface area contributed by atoms with Crippen LogP contribution < -0.4 is 5.32 Å². The molecule has 2 heteroatoms. The molecule has 1 aromatic rings. The maximum atomic E-state index is 11.1. The summed E-state index contributed by atoms with van der Waals surface area (Å²) in [7, 11) is 0. The molecule has 2 nitrogen and oxygen atoms in total. The molecule has 2 N–H and O–H groups in total. The average Bonchev–Trinajstić information content (AvgIpc) is 3.21. The van der Waals surface area contributed by atoms with E-state index < -0.39 is 0 Å². The van der Waals surface area contributed by atoms with Crippen molar-refractivity contribution < 1.29 is 5.11 Å². The first kappa shape index (κ1) is 26.7. The number of hydrogen-bond acceptors (Lipinski definition) is 2. The summed E-state index contributed by atoms with van der Waals surface area (Å²) in [6, 6.07) is 11.0.